The number of nitrogens with zero attached hydrogens (tertiary/aromatic N) is 1. The number of carbonyl (C=O) groups excluding carboxylic acids is 1. The molecule has 1 aliphatic rings. The number of oxazole rings is 1. The van der Waals surface area contributed by atoms with Crippen LogP contribution in [-0.2, 0) is 16.1 Å². The molecular formula is C18H22N2O3. The van der Waals surface area contributed by atoms with Crippen molar-refractivity contribution in [2.45, 2.75) is 45.3 Å². The van der Waals surface area contributed by atoms with Crippen LogP contribution in [0.2, 0.25) is 0 Å². The number of benzene rings is 1. The Morgan fingerprint density at radius 2 is 2.17 bits per heavy atom. The summed E-state index contributed by atoms with van der Waals surface area (Å²) in [5.74, 6) is 0.606. The minimum atomic E-state index is 0.0281. The highest BCUT2D eigenvalue weighted by atomic mass is 16.5. The lowest BCUT2D eigenvalue weighted by Gasteiger charge is -2.08. The van der Waals surface area contributed by atoms with Gasteiger partial charge in [-0.15, -0.1) is 0 Å². The number of amides is 1. The molecule has 1 aliphatic heterocycles. The van der Waals surface area contributed by atoms with Crippen molar-refractivity contribution in [2.75, 3.05) is 6.61 Å². The molecule has 1 fully saturated rings. The Kier molecular flexibility index (Phi) is 5.08. The van der Waals surface area contributed by atoms with Crippen LogP contribution in [0.15, 0.2) is 34.9 Å². The minimum Gasteiger partial charge on any atom is -0.444 e. The zero-order valence-electron chi connectivity index (χ0n) is 13.4. The van der Waals surface area contributed by atoms with Gasteiger partial charge in [0.2, 0.25) is 11.8 Å². The standard InChI is InChI=1S/C18H22N2O3/c1-13-4-6-14(7-5-13)18-20-15(12-23-18)11-19-17(21)9-8-16-3-2-10-22-16/h4-7,12,16H,2-3,8-11H2,1H3,(H,19,21)/t16-/m0/s1. The molecular weight excluding hydrogens is 292 g/mol. The quantitative estimate of drug-likeness (QED) is 0.889. The van der Waals surface area contributed by atoms with Crippen LogP contribution in [-0.4, -0.2) is 23.6 Å². The van der Waals surface area contributed by atoms with Crippen LogP contribution < -0.4 is 5.32 Å². The summed E-state index contributed by atoms with van der Waals surface area (Å²) in [5.41, 5.74) is 2.86. The first-order chi connectivity index (χ1) is 11.2. The number of hydrogen-bond acceptors (Lipinski definition) is 4. The van der Waals surface area contributed by atoms with Gasteiger partial charge in [-0.2, -0.15) is 0 Å². The van der Waals surface area contributed by atoms with E-state index in [1.807, 2.05) is 31.2 Å². The lowest BCUT2D eigenvalue weighted by atomic mass is 10.1. The summed E-state index contributed by atoms with van der Waals surface area (Å²) >= 11 is 0. The van der Waals surface area contributed by atoms with E-state index in [9.17, 15) is 4.79 Å². The Bertz CT molecular complexity index is 643. The van der Waals surface area contributed by atoms with Crippen LogP contribution in [0.1, 0.15) is 36.9 Å². The Labute approximate surface area is 136 Å². The molecule has 122 valence electrons. The molecule has 0 spiro atoms. The number of hydrogen-bond donors (Lipinski definition) is 1. The second kappa shape index (κ2) is 7.42. The lowest BCUT2D eigenvalue weighted by molar-refractivity contribution is -0.121. The molecule has 2 heterocycles. The van der Waals surface area contributed by atoms with Crippen molar-refractivity contribution in [1.29, 1.82) is 0 Å². The fourth-order valence-electron chi connectivity index (χ4n) is 2.66. The highest BCUT2D eigenvalue weighted by Gasteiger charge is 2.16. The van der Waals surface area contributed by atoms with E-state index in [1.54, 1.807) is 6.26 Å². The van der Waals surface area contributed by atoms with Gasteiger partial charge in [0.1, 0.15) is 6.26 Å². The summed E-state index contributed by atoms with van der Waals surface area (Å²) in [4.78, 5) is 16.3. The Morgan fingerprint density at radius 1 is 1.35 bits per heavy atom. The molecule has 1 aromatic carbocycles. The summed E-state index contributed by atoms with van der Waals surface area (Å²) in [5, 5.41) is 2.88. The number of nitrogens with one attached hydrogen (secondary N) is 1. The highest BCUT2D eigenvalue weighted by molar-refractivity contribution is 5.75. The van der Waals surface area contributed by atoms with Gasteiger partial charge in [0.15, 0.2) is 0 Å². The third-order valence-corrected chi connectivity index (χ3v) is 4.03. The molecule has 5 nitrogen and oxygen atoms in total. The number of aryl methyl sites for hydroxylation is 1. The first kappa shape index (κ1) is 15.7. The molecule has 1 atom stereocenters. The van der Waals surface area contributed by atoms with Crippen molar-refractivity contribution >= 4 is 5.91 Å². The summed E-state index contributed by atoms with van der Waals surface area (Å²) < 4.78 is 11.0. The second-order valence-corrected chi connectivity index (χ2v) is 5.96. The Hall–Kier alpha value is -2.14. The van der Waals surface area contributed by atoms with Gasteiger partial charge in [-0.3, -0.25) is 4.79 Å². The SMILES string of the molecule is Cc1ccc(-c2nc(CNC(=O)CC[C@@H]3CCCO3)co2)cc1. The first-order valence-corrected chi connectivity index (χ1v) is 8.10. The van der Waals surface area contributed by atoms with Gasteiger partial charge in [0, 0.05) is 18.6 Å². The number of carbonyl (C=O) groups is 1. The van der Waals surface area contributed by atoms with E-state index in [0.29, 0.717) is 18.9 Å². The van der Waals surface area contributed by atoms with Crippen LogP contribution >= 0.6 is 0 Å². The molecule has 1 saturated heterocycles. The van der Waals surface area contributed by atoms with Crippen LogP contribution in [0.3, 0.4) is 0 Å². The predicted octanol–water partition coefficient (Wildman–Crippen LogP) is 3.23. The van der Waals surface area contributed by atoms with Crippen LogP contribution in [0.4, 0.5) is 0 Å². The fourth-order valence-corrected chi connectivity index (χ4v) is 2.66. The van der Waals surface area contributed by atoms with Crippen molar-refractivity contribution in [2.24, 2.45) is 0 Å². The maximum atomic E-state index is 11.9. The molecule has 0 aliphatic carbocycles. The van der Waals surface area contributed by atoms with Crippen LogP contribution in [0.5, 0.6) is 0 Å². The number of rotatable bonds is 6. The van der Waals surface area contributed by atoms with Gasteiger partial charge in [0.25, 0.3) is 0 Å². The average Bonchev–Trinajstić information content (AvgIpc) is 3.23. The number of aromatic nitrogens is 1. The van der Waals surface area contributed by atoms with Gasteiger partial charge in [-0.05, 0) is 38.3 Å². The highest BCUT2D eigenvalue weighted by Crippen LogP contribution is 2.19. The molecule has 1 N–H and O–H groups in total. The maximum Gasteiger partial charge on any atom is 0.226 e. The summed E-state index contributed by atoms with van der Waals surface area (Å²) in [6.07, 6.45) is 5.30. The van der Waals surface area contributed by atoms with Gasteiger partial charge in [0.05, 0.1) is 18.3 Å². The van der Waals surface area contributed by atoms with E-state index >= 15 is 0 Å². The van der Waals surface area contributed by atoms with Crippen molar-refractivity contribution in [1.82, 2.24) is 10.3 Å². The van der Waals surface area contributed by atoms with Gasteiger partial charge < -0.3 is 14.5 Å². The molecule has 0 saturated carbocycles. The third kappa shape index (κ3) is 4.42. The molecule has 3 rings (SSSR count). The minimum absolute atomic E-state index is 0.0281. The summed E-state index contributed by atoms with van der Waals surface area (Å²) in [6, 6.07) is 7.99. The smallest absolute Gasteiger partial charge is 0.226 e. The largest absolute Gasteiger partial charge is 0.444 e. The zero-order chi connectivity index (χ0) is 16.1. The van der Waals surface area contributed by atoms with Gasteiger partial charge >= 0.3 is 0 Å². The third-order valence-electron chi connectivity index (χ3n) is 4.03. The van der Waals surface area contributed by atoms with Gasteiger partial charge in [-0.25, -0.2) is 4.98 Å². The van der Waals surface area contributed by atoms with E-state index < -0.39 is 0 Å². The van der Waals surface area contributed by atoms with Crippen molar-refractivity contribution in [3.8, 4) is 11.5 Å². The molecule has 1 aromatic heterocycles. The number of ether oxygens (including phenoxy) is 1. The Morgan fingerprint density at radius 3 is 2.91 bits per heavy atom. The van der Waals surface area contributed by atoms with E-state index in [4.69, 9.17) is 9.15 Å². The first-order valence-electron chi connectivity index (χ1n) is 8.10. The van der Waals surface area contributed by atoms with Crippen molar-refractivity contribution < 1.29 is 13.9 Å². The lowest BCUT2D eigenvalue weighted by Crippen LogP contribution is -2.24. The molecule has 1 amide bonds. The molecule has 0 unspecified atom stereocenters. The molecule has 23 heavy (non-hydrogen) atoms. The van der Waals surface area contributed by atoms with E-state index in [0.717, 1.165) is 37.1 Å². The van der Waals surface area contributed by atoms with E-state index in [2.05, 4.69) is 10.3 Å². The summed E-state index contributed by atoms with van der Waals surface area (Å²) in [7, 11) is 0. The summed E-state index contributed by atoms with van der Waals surface area (Å²) in [6.45, 7) is 3.25. The monoisotopic (exact) mass is 314 g/mol. The Balaban J connectivity index is 1.47. The van der Waals surface area contributed by atoms with Crippen LogP contribution in [0, 0.1) is 6.92 Å². The second-order valence-electron chi connectivity index (χ2n) is 5.96. The normalized spacial score (nSPS) is 17.3. The predicted molar refractivity (Wildman–Crippen MR) is 86.7 cm³/mol. The molecule has 2 aromatic rings. The molecule has 0 bridgehead atoms. The molecule has 5 heteroatoms. The average molecular weight is 314 g/mol. The van der Waals surface area contributed by atoms with Crippen molar-refractivity contribution in [3.05, 3.63) is 41.8 Å². The topological polar surface area (TPSA) is 64.4 Å². The van der Waals surface area contributed by atoms with Crippen molar-refractivity contribution in [3.63, 3.8) is 0 Å². The van der Waals surface area contributed by atoms with Gasteiger partial charge in [-0.1, -0.05) is 17.7 Å². The maximum absolute atomic E-state index is 11.9. The zero-order valence-corrected chi connectivity index (χ0v) is 13.4. The fraction of sp³-hybridized carbons (Fsp3) is 0.444. The molecule has 0 radical (unpaired) electrons. The van der Waals surface area contributed by atoms with E-state index in [-0.39, 0.29) is 12.0 Å². The van der Waals surface area contributed by atoms with Crippen LogP contribution in [0.25, 0.3) is 11.5 Å². The van der Waals surface area contributed by atoms with E-state index in [1.165, 1.54) is 5.56 Å².